The molecule has 9 nitrogen and oxygen atoms in total. The van der Waals surface area contributed by atoms with Crippen LogP contribution in [-0.4, -0.2) is 87.4 Å². The Kier molecular flexibility index (Phi) is 81.3. The van der Waals surface area contributed by atoms with E-state index >= 15 is 0 Å². The Bertz CT molecular complexity index is 2200. The fraction of sp³-hybridized carbons (Fsp3) is 0.740. The zero-order chi connectivity index (χ0) is 76.0. The van der Waals surface area contributed by atoms with Crippen molar-refractivity contribution in [1.29, 1.82) is 0 Å². The molecule has 0 aliphatic rings. The summed E-state index contributed by atoms with van der Waals surface area (Å²) in [5.41, 5.74) is 0. The smallest absolute Gasteiger partial charge is 0.361 e. The zero-order valence-corrected chi connectivity index (χ0v) is 69.4. The predicted molar refractivity (Wildman–Crippen MR) is 456 cm³/mol. The SMILES string of the molecule is CC/C=C\C/C=C\C/C=C\C/C=C\C/C=C\C/C=C\C/C=C\C/C=C\C/C=C\CCCCCCCCCCCCCC(=O)OC(COC(=O)CCCCCCCCCCCCCCCCCCCCCCCCCCCCCCC/C=C\C/C=C\CCCCCCC)COC(OCC[N+](C)(C)C)C(=O)O. The molecule has 0 fully saturated rings. The van der Waals surface area contributed by atoms with Crippen LogP contribution < -0.4 is 0 Å². The summed E-state index contributed by atoms with van der Waals surface area (Å²) in [5.74, 6) is -1.99. The van der Waals surface area contributed by atoms with E-state index in [-0.39, 0.29) is 32.2 Å². The number of allylic oxidation sites excluding steroid dienone is 22. The van der Waals surface area contributed by atoms with Gasteiger partial charge in [-0.15, -0.1) is 0 Å². The van der Waals surface area contributed by atoms with E-state index in [4.69, 9.17) is 18.9 Å². The minimum absolute atomic E-state index is 0.184. The number of likely N-dealkylation sites (N-methyl/N-ethyl adjacent to an activating group) is 1. The Morgan fingerprint density at radius 3 is 0.810 bits per heavy atom. The maximum absolute atomic E-state index is 13.0. The van der Waals surface area contributed by atoms with Crippen LogP contribution in [0.25, 0.3) is 0 Å². The summed E-state index contributed by atoms with van der Waals surface area (Å²) in [7, 11) is 5.99. The number of carboxylic acid groups (broad SMARTS) is 1. The summed E-state index contributed by atoms with van der Waals surface area (Å²) in [6.45, 7) is 4.79. The maximum atomic E-state index is 13.0. The molecular formula is C96H168NO8+. The Hall–Kier alpha value is -4.57. The molecule has 9 heteroatoms. The number of hydrogen-bond donors (Lipinski definition) is 1. The first-order valence-electron chi connectivity index (χ1n) is 44.3. The third-order valence-corrected chi connectivity index (χ3v) is 19.4. The molecule has 0 aromatic heterocycles. The summed E-state index contributed by atoms with van der Waals surface area (Å²) in [5, 5.41) is 9.79. The molecule has 1 N–H and O–H groups in total. The van der Waals surface area contributed by atoms with Crippen LogP contribution in [0.3, 0.4) is 0 Å². The van der Waals surface area contributed by atoms with Gasteiger partial charge >= 0.3 is 17.9 Å². The quantitative estimate of drug-likeness (QED) is 0.0211. The average Bonchev–Trinajstić information content (AvgIpc) is 1.97. The van der Waals surface area contributed by atoms with Crippen LogP contribution in [0.4, 0.5) is 0 Å². The fourth-order valence-corrected chi connectivity index (χ4v) is 12.7. The second-order valence-corrected chi connectivity index (χ2v) is 30.8. The molecule has 0 heterocycles. The van der Waals surface area contributed by atoms with Gasteiger partial charge in [-0.1, -0.05) is 404 Å². The first-order chi connectivity index (χ1) is 51.6. The van der Waals surface area contributed by atoms with E-state index in [2.05, 4.69) is 148 Å². The molecule has 105 heavy (non-hydrogen) atoms. The number of rotatable bonds is 82. The van der Waals surface area contributed by atoms with Crippen LogP contribution in [-0.2, 0) is 33.3 Å². The lowest BCUT2D eigenvalue weighted by molar-refractivity contribution is -0.870. The van der Waals surface area contributed by atoms with E-state index in [1.807, 2.05) is 21.1 Å². The van der Waals surface area contributed by atoms with Crippen molar-refractivity contribution < 1.29 is 42.9 Å². The van der Waals surface area contributed by atoms with Gasteiger partial charge in [0.2, 0.25) is 0 Å². The predicted octanol–water partition coefficient (Wildman–Crippen LogP) is 29.2. The Morgan fingerprint density at radius 1 is 0.295 bits per heavy atom. The molecule has 0 aromatic carbocycles. The van der Waals surface area contributed by atoms with E-state index in [1.54, 1.807) is 0 Å². The third-order valence-electron chi connectivity index (χ3n) is 19.4. The lowest BCUT2D eigenvalue weighted by Gasteiger charge is -2.25. The normalized spacial score (nSPS) is 13.3. The highest BCUT2D eigenvalue weighted by Crippen LogP contribution is 2.20. The topological polar surface area (TPSA) is 108 Å². The van der Waals surface area contributed by atoms with E-state index in [1.165, 1.54) is 257 Å². The second kappa shape index (κ2) is 85.0. The van der Waals surface area contributed by atoms with Gasteiger partial charge in [-0.2, -0.15) is 0 Å². The van der Waals surface area contributed by atoms with Gasteiger partial charge in [0.15, 0.2) is 6.10 Å². The van der Waals surface area contributed by atoms with Gasteiger partial charge in [-0.3, -0.25) is 9.59 Å². The maximum Gasteiger partial charge on any atom is 0.361 e. The number of unbranched alkanes of at least 4 members (excludes halogenated alkanes) is 45. The minimum atomic E-state index is -1.52. The molecule has 0 aromatic rings. The lowest BCUT2D eigenvalue weighted by atomic mass is 10.0. The molecule has 2 atom stereocenters. The van der Waals surface area contributed by atoms with E-state index < -0.39 is 24.3 Å². The summed E-state index contributed by atoms with van der Waals surface area (Å²) in [6.07, 6.45) is 121. The van der Waals surface area contributed by atoms with E-state index in [0.29, 0.717) is 23.9 Å². The molecule has 0 aliphatic heterocycles. The van der Waals surface area contributed by atoms with Crippen molar-refractivity contribution >= 4 is 17.9 Å². The van der Waals surface area contributed by atoms with Crippen LogP contribution in [0.2, 0.25) is 0 Å². The van der Waals surface area contributed by atoms with E-state index in [9.17, 15) is 19.5 Å². The standard InChI is InChI=1S/C96H167NO8/c1-6-8-10-12-14-16-18-20-22-24-26-28-30-32-34-36-38-40-42-44-46-47-49-50-52-54-56-58-60-62-64-66-68-70-72-74-76-78-80-82-84-86-93(98)103-90-92(91-104-96(95(100)101)102-89-88-97(3,4)5)105-94(99)87-85-83-81-79-77-75-73-71-69-67-65-63-61-59-57-55-53-51-48-45-43-41-39-37-35-33-31-29-27-25-23-21-19-17-15-13-11-9-7-2/h9,11,15,17-18,20-21,23-24,26-27,29,33,35,39,41,45,48,53,55,59,61,92,96H,6-8,10,12-14,16,19,22,25,28,30-32,34,36-38,40,42-44,46-47,49-52,54,56-58,60,62-91H2,1-5H3/p+1/b11-9-,17-15-,20-18-,23-21-,26-24-,29-27-,35-33-,41-39-,48-45-,55-53-,61-59-. The number of quaternary nitrogens is 1. The fourth-order valence-electron chi connectivity index (χ4n) is 12.7. The van der Waals surface area contributed by atoms with Gasteiger partial charge in [0.1, 0.15) is 13.2 Å². The third kappa shape index (κ3) is 86.5. The molecule has 2 unspecified atom stereocenters. The number of aliphatic carboxylic acids is 1. The monoisotopic (exact) mass is 1460 g/mol. The van der Waals surface area contributed by atoms with E-state index in [0.717, 1.165) is 109 Å². The van der Waals surface area contributed by atoms with Crippen LogP contribution in [0.5, 0.6) is 0 Å². The highest BCUT2D eigenvalue weighted by Gasteiger charge is 2.25. The van der Waals surface area contributed by atoms with Crippen LogP contribution in [0.15, 0.2) is 134 Å². The zero-order valence-electron chi connectivity index (χ0n) is 69.4. The molecule has 0 amide bonds. The van der Waals surface area contributed by atoms with Crippen molar-refractivity contribution in [1.82, 2.24) is 0 Å². The van der Waals surface area contributed by atoms with Crippen molar-refractivity contribution in [3.63, 3.8) is 0 Å². The molecule has 0 bridgehead atoms. The summed E-state index contributed by atoms with van der Waals surface area (Å²) in [4.78, 5) is 37.8. The van der Waals surface area contributed by atoms with Crippen molar-refractivity contribution in [2.24, 2.45) is 0 Å². The van der Waals surface area contributed by atoms with Gasteiger partial charge in [0, 0.05) is 12.8 Å². The highest BCUT2D eigenvalue weighted by molar-refractivity contribution is 5.71. The number of esters is 2. The molecule has 0 saturated carbocycles. The number of carbonyl (C=O) groups is 3. The van der Waals surface area contributed by atoms with Crippen molar-refractivity contribution in [3.8, 4) is 0 Å². The Morgan fingerprint density at radius 2 is 0.543 bits per heavy atom. The summed E-state index contributed by atoms with van der Waals surface area (Å²) >= 11 is 0. The number of hydrogen-bond acceptors (Lipinski definition) is 7. The number of ether oxygens (including phenoxy) is 4. The van der Waals surface area contributed by atoms with Gasteiger partial charge in [0.25, 0.3) is 6.29 Å². The number of nitrogens with zero attached hydrogens (tertiary/aromatic N) is 1. The minimum Gasteiger partial charge on any atom is -0.477 e. The molecule has 0 spiro atoms. The molecule has 0 aliphatic carbocycles. The molecule has 0 radical (unpaired) electrons. The average molecular weight is 1460 g/mol. The summed E-state index contributed by atoms with van der Waals surface area (Å²) < 4.78 is 23.1. The molecule has 604 valence electrons. The molecular weight excluding hydrogens is 1300 g/mol. The van der Waals surface area contributed by atoms with Crippen LogP contribution in [0.1, 0.15) is 399 Å². The lowest BCUT2D eigenvalue weighted by Crippen LogP contribution is -2.40. The first-order valence-corrected chi connectivity index (χ1v) is 44.3. The Labute approximate surface area is 650 Å². The number of carboxylic acids is 1. The van der Waals surface area contributed by atoms with Gasteiger partial charge in [-0.25, -0.2) is 4.79 Å². The van der Waals surface area contributed by atoms with Crippen molar-refractivity contribution in [2.75, 3.05) is 47.5 Å². The Balaban J connectivity index is 3.98. The second-order valence-electron chi connectivity index (χ2n) is 30.8. The van der Waals surface area contributed by atoms with Crippen LogP contribution >= 0.6 is 0 Å². The van der Waals surface area contributed by atoms with Gasteiger partial charge in [0.05, 0.1) is 34.4 Å². The van der Waals surface area contributed by atoms with Gasteiger partial charge in [-0.05, 0) is 116 Å². The number of carbonyl (C=O) groups excluding carboxylic acids is 2. The van der Waals surface area contributed by atoms with Crippen LogP contribution in [0, 0.1) is 0 Å². The van der Waals surface area contributed by atoms with Gasteiger partial charge < -0.3 is 28.5 Å². The molecule has 0 saturated heterocycles. The highest BCUT2D eigenvalue weighted by atomic mass is 16.7. The molecule has 0 rings (SSSR count). The summed E-state index contributed by atoms with van der Waals surface area (Å²) in [6, 6.07) is 0. The largest absolute Gasteiger partial charge is 0.477 e. The first kappa shape index (κ1) is 100. The van der Waals surface area contributed by atoms with Crippen molar-refractivity contribution in [3.05, 3.63) is 134 Å². The van der Waals surface area contributed by atoms with Crippen molar-refractivity contribution in [2.45, 2.75) is 411 Å².